The quantitative estimate of drug-likeness (QED) is 0.776. The highest BCUT2D eigenvalue weighted by Gasteiger charge is 2.34. The zero-order valence-corrected chi connectivity index (χ0v) is 10.9. The molecule has 90 valence electrons. The second-order valence-electron chi connectivity index (χ2n) is 6.09. The van der Waals surface area contributed by atoms with E-state index in [9.17, 15) is 0 Å². The molecule has 1 heterocycles. The number of piperidine rings is 1. The van der Waals surface area contributed by atoms with Crippen LogP contribution in [-0.2, 0) is 0 Å². The third-order valence-electron chi connectivity index (χ3n) is 3.61. The average Bonchev–Trinajstić information content (AvgIpc) is 2.09. The van der Waals surface area contributed by atoms with Crippen molar-refractivity contribution in [1.82, 2.24) is 4.90 Å². The molecule has 1 aliphatic heterocycles. The van der Waals surface area contributed by atoms with Crippen LogP contribution in [0.3, 0.4) is 0 Å². The highest BCUT2D eigenvalue weighted by Crippen LogP contribution is 2.33. The number of likely N-dealkylation sites (tertiary alicyclic amines) is 1. The molecule has 0 spiro atoms. The van der Waals surface area contributed by atoms with E-state index in [0.717, 1.165) is 18.4 Å². The van der Waals surface area contributed by atoms with Crippen LogP contribution in [0.15, 0.2) is 0 Å². The lowest BCUT2D eigenvalue weighted by atomic mass is 9.80. The highest BCUT2D eigenvalue weighted by atomic mass is 15.2. The van der Waals surface area contributed by atoms with Gasteiger partial charge < -0.3 is 5.73 Å². The number of nitrogens with two attached hydrogens (primary N) is 1. The summed E-state index contributed by atoms with van der Waals surface area (Å²) in [4.78, 5) is 2.66. The summed E-state index contributed by atoms with van der Waals surface area (Å²) in [6, 6.07) is 0. The first-order valence-corrected chi connectivity index (χ1v) is 6.41. The Morgan fingerprint density at radius 1 is 1.40 bits per heavy atom. The normalized spacial score (nSPS) is 27.2. The van der Waals surface area contributed by atoms with Crippen LogP contribution in [0.25, 0.3) is 0 Å². The summed E-state index contributed by atoms with van der Waals surface area (Å²) in [6.07, 6.45) is 3.86. The van der Waals surface area contributed by atoms with E-state index in [1.54, 1.807) is 0 Å². The van der Waals surface area contributed by atoms with Crippen LogP contribution in [0.5, 0.6) is 0 Å². The van der Waals surface area contributed by atoms with Gasteiger partial charge in [-0.05, 0) is 58.0 Å². The Kier molecular flexibility index (Phi) is 4.60. The second kappa shape index (κ2) is 5.31. The predicted octanol–water partition coefficient (Wildman–Crippen LogP) is 2.48. The van der Waals surface area contributed by atoms with Crippen molar-refractivity contribution in [3.05, 3.63) is 0 Å². The fourth-order valence-corrected chi connectivity index (χ4v) is 2.84. The number of hydrogen-bond acceptors (Lipinski definition) is 2. The minimum Gasteiger partial charge on any atom is -0.330 e. The van der Waals surface area contributed by atoms with Gasteiger partial charge in [0.1, 0.15) is 0 Å². The van der Waals surface area contributed by atoms with Gasteiger partial charge in [0.2, 0.25) is 0 Å². The molecule has 1 aliphatic rings. The van der Waals surface area contributed by atoms with E-state index in [2.05, 4.69) is 32.6 Å². The Labute approximate surface area is 95.2 Å². The lowest BCUT2D eigenvalue weighted by Gasteiger charge is -2.46. The molecule has 0 aromatic rings. The lowest BCUT2D eigenvalue weighted by molar-refractivity contribution is 0.0353. The molecular weight excluding hydrogens is 184 g/mol. The van der Waals surface area contributed by atoms with E-state index in [-0.39, 0.29) is 0 Å². The number of hydrogen-bond donors (Lipinski definition) is 1. The third kappa shape index (κ3) is 3.76. The molecule has 0 aromatic heterocycles. The maximum atomic E-state index is 5.65. The van der Waals surface area contributed by atoms with Crippen LogP contribution >= 0.6 is 0 Å². The predicted molar refractivity (Wildman–Crippen MR) is 66.9 cm³/mol. The first-order chi connectivity index (χ1) is 6.95. The van der Waals surface area contributed by atoms with Crippen LogP contribution in [0.1, 0.15) is 47.0 Å². The maximum absolute atomic E-state index is 5.65. The van der Waals surface area contributed by atoms with Gasteiger partial charge >= 0.3 is 0 Å². The molecule has 1 fully saturated rings. The van der Waals surface area contributed by atoms with Crippen molar-refractivity contribution in [1.29, 1.82) is 0 Å². The SMILES string of the molecule is CC(C)CN1CCC(CCN)CC1(C)C. The maximum Gasteiger partial charge on any atom is 0.0156 e. The molecule has 15 heavy (non-hydrogen) atoms. The Morgan fingerprint density at radius 2 is 2.07 bits per heavy atom. The first kappa shape index (κ1) is 13.0. The smallest absolute Gasteiger partial charge is 0.0156 e. The van der Waals surface area contributed by atoms with E-state index in [4.69, 9.17) is 5.73 Å². The summed E-state index contributed by atoms with van der Waals surface area (Å²) in [5, 5.41) is 0. The van der Waals surface area contributed by atoms with Crippen LogP contribution < -0.4 is 5.73 Å². The van der Waals surface area contributed by atoms with E-state index < -0.39 is 0 Å². The van der Waals surface area contributed by atoms with E-state index in [0.29, 0.717) is 5.54 Å². The van der Waals surface area contributed by atoms with Crippen molar-refractivity contribution < 1.29 is 0 Å². The lowest BCUT2D eigenvalue weighted by Crippen LogP contribution is -2.51. The van der Waals surface area contributed by atoms with Gasteiger partial charge in [-0.25, -0.2) is 0 Å². The van der Waals surface area contributed by atoms with E-state index in [1.165, 1.54) is 32.4 Å². The molecule has 2 nitrogen and oxygen atoms in total. The Bertz CT molecular complexity index is 187. The molecule has 0 bridgehead atoms. The summed E-state index contributed by atoms with van der Waals surface area (Å²) in [5.41, 5.74) is 6.03. The van der Waals surface area contributed by atoms with E-state index >= 15 is 0 Å². The summed E-state index contributed by atoms with van der Waals surface area (Å²) in [6.45, 7) is 12.7. The summed E-state index contributed by atoms with van der Waals surface area (Å²) >= 11 is 0. The van der Waals surface area contributed by atoms with Gasteiger partial charge in [0.15, 0.2) is 0 Å². The zero-order chi connectivity index (χ0) is 11.5. The van der Waals surface area contributed by atoms with Crippen molar-refractivity contribution in [3.8, 4) is 0 Å². The van der Waals surface area contributed by atoms with Gasteiger partial charge in [0, 0.05) is 12.1 Å². The van der Waals surface area contributed by atoms with Crippen LogP contribution in [0, 0.1) is 11.8 Å². The summed E-state index contributed by atoms with van der Waals surface area (Å²) in [5.74, 6) is 1.63. The molecule has 2 N–H and O–H groups in total. The molecule has 1 unspecified atom stereocenters. The second-order valence-corrected chi connectivity index (χ2v) is 6.09. The molecule has 0 aromatic carbocycles. The van der Waals surface area contributed by atoms with Gasteiger partial charge in [-0.1, -0.05) is 13.8 Å². The molecule has 0 radical (unpaired) electrons. The summed E-state index contributed by atoms with van der Waals surface area (Å²) in [7, 11) is 0. The van der Waals surface area contributed by atoms with Crippen LogP contribution in [0.2, 0.25) is 0 Å². The fourth-order valence-electron chi connectivity index (χ4n) is 2.84. The molecule has 2 heteroatoms. The first-order valence-electron chi connectivity index (χ1n) is 6.41. The van der Waals surface area contributed by atoms with E-state index in [1.807, 2.05) is 0 Å². The minimum atomic E-state index is 0.377. The molecule has 1 rings (SSSR count). The van der Waals surface area contributed by atoms with Gasteiger partial charge in [0.05, 0.1) is 0 Å². The monoisotopic (exact) mass is 212 g/mol. The van der Waals surface area contributed by atoms with Gasteiger partial charge in [-0.2, -0.15) is 0 Å². The third-order valence-corrected chi connectivity index (χ3v) is 3.61. The number of rotatable bonds is 4. The molecule has 0 saturated carbocycles. The minimum absolute atomic E-state index is 0.377. The standard InChI is InChI=1S/C13H28N2/c1-11(2)10-15-8-6-12(5-7-14)9-13(15,3)4/h11-12H,5-10,14H2,1-4H3. The Balaban J connectivity index is 2.50. The molecule has 1 saturated heterocycles. The van der Waals surface area contributed by atoms with Crippen molar-refractivity contribution >= 4 is 0 Å². The molecule has 1 atom stereocenters. The van der Waals surface area contributed by atoms with Gasteiger partial charge in [-0.15, -0.1) is 0 Å². The topological polar surface area (TPSA) is 29.3 Å². The van der Waals surface area contributed by atoms with Crippen molar-refractivity contribution in [2.45, 2.75) is 52.5 Å². The Morgan fingerprint density at radius 3 is 2.53 bits per heavy atom. The largest absolute Gasteiger partial charge is 0.330 e. The molecule has 0 amide bonds. The number of nitrogens with zero attached hydrogens (tertiary/aromatic N) is 1. The van der Waals surface area contributed by atoms with Crippen molar-refractivity contribution in [2.75, 3.05) is 19.6 Å². The van der Waals surface area contributed by atoms with Crippen molar-refractivity contribution in [3.63, 3.8) is 0 Å². The van der Waals surface area contributed by atoms with Crippen LogP contribution in [-0.4, -0.2) is 30.1 Å². The van der Waals surface area contributed by atoms with Crippen LogP contribution in [0.4, 0.5) is 0 Å². The molecular formula is C13H28N2. The van der Waals surface area contributed by atoms with Crippen molar-refractivity contribution in [2.24, 2.45) is 17.6 Å². The zero-order valence-electron chi connectivity index (χ0n) is 10.9. The Hall–Kier alpha value is -0.0800. The van der Waals surface area contributed by atoms with Gasteiger partial charge in [0.25, 0.3) is 0 Å². The average molecular weight is 212 g/mol. The molecule has 0 aliphatic carbocycles. The fraction of sp³-hybridized carbons (Fsp3) is 1.00. The van der Waals surface area contributed by atoms with Gasteiger partial charge in [-0.3, -0.25) is 4.90 Å². The summed E-state index contributed by atoms with van der Waals surface area (Å²) < 4.78 is 0. The highest BCUT2D eigenvalue weighted by molar-refractivity contribution is 4.89.